The lowest BCUT2D eigenvalue weighted by atomic mass is 9.74. The Hall–Kier alpha value is -0.980. The van der Waals surface area contributed by atoms with E-state index in [1.807, 2.05) is 0 Å². The molecule has 1 aromatic carbocycles. The minimum absolute atomic E-state index is 0.142. The molecule has 1 rings (SSSR count). The molecular weight excluding hydrogens is 208 g/mol. The number of methoxy groups -OCH3 is 1. The van der Waals surface area contributed by atoms with E-state index in [1.54, 1.807) is 7.11 Å². The maximum atomic E-state index is 5.45. The van der Waals surface area contributed by atoms with E-state index in [2.05, 4.69) is 60.6 Å². The third-order valence-corrected chi connectivity index (χ3v) is 3.15. The first-order valence-corrected chi connectivity index (χ1v) is 6.27. The first kappa shape index (κ1) is 14.1. The molecule has 0 aliphatic carbocycles. The standard InChI is InChI=1S/C16H26O/c1-11-9-12(15(2,3)4)13(16(5,6)7)10-14(11)17-8/h9-10H,1-8H3. The van der Waals surface area contributed by atoms with E-state index in [1.165, 1.54) is 16.7 Å². The number of rotatable bonds is 1. The number of benzene rings is 1. The number of hydrogen-bond acceptors (Lipinski definition) is 1. The SMILES string of the molecule is COc1cc(C(C)(C)C)c(C(C)(C)C)cc1C. The molecule has 0 aromatic heterocycles. The lowest BCUT2D eigenvalue weighted by Crippen LogP contribution is -2.22. The summed E-state index contributed by atoms with van der Waals surface area (Å²) in [5, 5.41) is 0. The van der Waals surface area contributed by atoms with Crippen LogP contribution in [0.4, 0.5) is 0 Å². The van der Waals surface area contributed by atoms with Crippen molar-refractivity contribution in [3.8, 4) is 5.75 Å². The third-order valence-electron chi connectivity index (χ3n) is 3.15. The topological polar surface area (TPSA) is 9.23 Å². The molecule has 0 saturated carbocycles. The Labute approximate surface area is 106 Å². The molecule has 0 fully saturated rings. The van der Waals surface area contributed by atoms with Crippen molar-refractivity contribution in [3.05, 3.63) is 28.8 Å². The summed E-state index contributed by atoms with van der Waals surface area (Å²) in [6, 6.07) is 4.48. The lowest BCUT2D eigenvalue weighted by molar-refractivity contribution is 0.408. The van der Waals surface area contributed by atoms with Crippen LogP contribution in [0.2, 0.25) is 0 Å². The van der Waals surface area contributed by atoms with Gasteiger partial charge in [-0.25, -0.2) is 0 Å². The van der Waals surface area contributed by atoms with E-state index in [0.717, 1.165) is 5.75 Å². The summed E-state index contributed by atoms with van der Waals surface area (Å²) in [7, 11) is 1.74. The molecule has 0 unspecified atom stereocenters. The number of hydrogen-bond donors (Lipinski definition) is 0. The maximum Gasteiger partial charge on any atom is 0.122 e. The van der Waals surface area contributed by atoms with E-state index < -0.39 is 0 Å². The zero-order valence-corrected chi connectivity index (χ0v) is 12.6. The highest BCUT2D eigenvalue weighted by Gasteiger charge is 2.26. The van der Waals surface area contributed by atoms with Gasteiger partial charge in [0.05, 0.1) is 7.11 Å². The fourth-order valence-electron chi connectivity index (χ4n) is 2.15. The summed E-state index contributed by atoms with van der Waals surface area (Å²) in [5.41, 5.74) is 4.32. The van der Waals surface area contributed by atoms with Crippen LogP contribution in [-0.2, 0) is 10.8 Å². The summed E-state index contributed by atoms with van der Waals surface area (Å²) >= 11 is 0. The summed E-state index contributed by atoms with van der Waals surface area (Å²) in [5.74, 6) is 0.989. The van der Waals surface area contributed by atoms with Crippen LogP contribution >= 0.6 is 0 Å². The quantitative estimate of drug-likeness (QED) is 0.690. The Kier molecular flexibility index (Phi) is 3.61. The first-order valence-electron chi connectivity index (χ1n) is 6.27. The van der Waals surface area contributed by atoms with Gasteiger partial charge in [-0.2, -0.15) is 0 Å². The van der Waals surface area contributed by atoms with Crippen molar-refractivity contribution in [2.45, 2.75) is 59.3 Å². The summed E-state index contributed by atoms with van der Waals surface area (Å²) < 4.78 is 5.45. The van der Waals surface area contributed by atoms with Crippen molar-refractivity contribution in [2.24, 2.45) is 0 Å². The van der Waals surface area contributed by atoms with Gasteiger partial charge < -0.3 is 4.74 Å². The average Bonchev–Trinajstić information content (AvgIpc) is 2.14. The molecule has 0 N–H and O–H groups in total. The molecule has 17 heavy (non-hydrogen) atoms. The number of ether oxygens (including phenoxy) is 1. The van der Waals surface area contributed by atoms with E-state index in [0.29, 0.717) is 0 Å². The van der Waals surface area contributed by atoms with Crippen LogP contribution in [0.25, 0.3) is 0 Å². The highest BCUT2D eigenvalue weighted by Crippen LogP contribution is 2.37. The number of aryl methyl sites for hydroxylation is 1. The maximum absolute atomic E-state index is 5.45. The summed E-state index contributed by atoms with van der Waals surface area (Å²) in [4.78, 5) is 0. The summed E-state index contributed by atoms with van der Waals surface area (Å²) in [6.45, 7) is 15.7. The molecule has 0 spiro atoms. The average molecular weight is 234 g/mol. The first-order chi connectivity index (χ1) is 7.57. The Balaban J connectivity index is 3.54. The molecule has 0 bridgehead atoms. The highest BCUT2D eigenvalue weighted by atomic mass is 16.5. The fraction of sp³-hybridized carbons (Fsp3) is 0.625. The van der Waals surface area contributed by atoms with Gasteiger partial charge in [0.15, 0.2) is 0 Å². The molecule has 1 aromatic rings. The zero-order chi connectivity index (χ0) is 13.4. The van der Waals surface area contributed by atoms with Crippen LogP contribution < -0.4 is 4.74 Å². The predicted molar refractivity (Wildman–Crippen MR) is 75.1 cm³/mol. The Morgan fingerprint density at radius 1 is 0.824 bits per heavy atom. The van der Waals surface area contributed by atoms with Crippen molar-refractivity contribution >= 4 is 0 Å². The smallest absolute Gasteiger partial charge is 0.122 e. The highest BCUT2D eigenvalue weighted by molar-refractivity contribution is 5.47. The molecule has 0 heterocycles. The van der Waals surface area contributed by atoms with Crippen LogP contribution in [0.3, 0.4) is 0 Å². The van der Waals surface area contributed by atoms with Crippen LogP contribution in [0.15, 0.2) is 12.1 Å². The van der Waals surface area contributed by atoms with E-state index in [4.69, 9.17) is 4.74 Å². The van der Waals surface area contributed by atoms with Crippen LogP contribution in [0.5, 0.6) is 5.75 Å². The van der Waals surface area contributed by atoms with Crippen molar-refractivity contribution < 1.29 is 4.74 Å². The second kappa shape index (κ2) is 4.36. The van der Waals surface area contributed by atoms with Gasteiger partial charge in [0, 0.05) is 0 Å². The Morgan fingerprint density at radius 2 is 1.24 bits per heavy atom. The molecular formula is C16H26O. The molecule has 96 valence electrons. The molecule has 0 aliphatic heterocycles. The van der Waals surface area contributed by atoms with Crippen LogP contribution in [0.1, 0.15) is 58.2 Å². The van der Waals surface area contributed by atoms with Crippen LogP contribution in [-0.4, -0.2) is 7.11 Å². The molecule has 0 atom stereocenters. The van der Waals surface area contributed by atoms with Crippen molar-refractivity contribution in [1.29, 1.82) is 0 Å². The van der Waals surface area contributed by atoms with Gasteiger partial charge in [0.1, 0.15) is 5.75 Å². The minimum atomic E-state index is 0.142. The van der Waals surface area contributed by atoms with Crippen LogP contribution in [0, 0.1) is 6.92 Å². The normalized spacial score (nSPS) is 12.7. The van der Waals surface area contributed by atoms with Gasteiger partial charge in [-0.15, -0.1) is 0 Å². The van der Waals surface area contributed by atoms with Crippen molar-refractivity contribution in [3.63, 3.8) is 0 Å². The third kappa shape index (κ3) is 3.02. The predicted octanol–water partition coefficient (Wildman–Crippen LogP) is 4.60. The largest absolute Gasteiger partial charge is 0.496 e. The molecule has 0 aliphatic rings. The van der Waals surface area contributed by atoms with Gasteiger partial charge in [-0.1, -0.05) is 47.6 Å². The van der Waals surface area contributed by atoms with Gasteiger partial charge in [0.25, 0.3) is 0 Å². The van der Waals surface area contributed by atoms with E-state index >= 15 is 0 Å². The zero-order valence-electron chi connectivity index (χ0n) is 12.6. The second-order valence-corrected chi connectivity index (χ2v) is 6.87. The van der Waals surface area contributed by atoms with E-state index in [9.17, 15) is 0 Å². The lowest BCUT2D eigenvalue weighted by Gasteiger charge is -2.31. The van der Waals surface area contributed by atoms with Gasteiger partial charge >= 0.3 is 0 Å². The van der Waals surface area contributed by atoms with Crippen molar-refractivity contribution in [2.75, 3.05) is 7.11 Å². The van der Waals surface area contributed by atoms with E-state index in [-0.39, 0.29) is 10.8 Å². The second-order valence-electron chi connectivity index (χ2n) is 6.87. The van der Waals surface area contributed by atoms with Gasteiger partial charge in [0.2, 0.25) is 0 Å². The molecule has 1 heteroatoms. The minimum Gasteiger partial charge on any atom is -0.496 e. The molecule has 1 nitrogen and oxygen atoms in total. The Morgan fingerprint density at radius 3 is 1.59 bits per heavy atom. The molecule has 0 amide bonds. The Bertz CT molecular complexity index is 403. The molecule has 0 radical (unpaired) electrons. The fourth-order valence-corrected chi connectivity index (χ4v) is 2.15. The van der Waals surface area contributed by atoms with Gasteiger partial charge in [-0.3, -0.25) is 0 Å². The van der Waals surface area contributed by atoms with Gasteiger partial charge in [-0.05, 0) is 40.5 Å². The van der Waals surface area contributed by atoms with Crippen molar-refractivity contribution in [1.82, 2.24) is 0 Å². The summed E-state index contributed by atoms with van der Waals surface area (Å²) in [6.07, 6.45) is 0. The monoisotopic (exact) mass is 234 g/mol. The molecule has 0 saturated heterocycles.